The van der Waals surface area contributed by atoms with Crippen LogP contribution in [0.4, 0.5) is 11.9 Å². The molecule has 1 heterocycles. The van der Waals surface area contributed by atoms with Gasteiger partial charge >= 0.3 is 0 Å². The van der Waals surface area contributed by atoms with Crippen molar-refractivity contribution >= 4 is 23.5 Å². The van der Waals surface area contributed by atoms with Gasteiger partial charge in [-0.2, -0.15) is 15.0 Å². The lowest BCUT2D eigenvalue weighted by Gasteiger charge is -2.23. The molecule has 0 saturated carbocycles. The summed E-state index contributed by atoms with van der Waals surface area (Å²) in [5.41, 5.74) is 0. The van der Waals surface area contributed by atoms with Gasteiger partial charge in [-0.3, -0.25) is 0 Å². The highest BCUT2D eigenvalue weighted by atomic mass is 35.5. The minimum Gasteiger partial charge on any atom is -0.354 e. The first kappa shape index (κ1) is 20.9. The molecule has 138 valence electrons. The predicted molar refractivity (Wildman–Crippen MR) is 104 cm³/mol. The number of unbranched alkanes of at least 4 members (excludes halogenated alkanes) is 6. The molecule has 0 bridgehead atoms. The number of nitrogens with zero attached hydrogens (tertiary/aromatic N) is 4. The molecule has 0 aliphatic heterocycles. The summed E-state index contributed by atoms with van der Waals surface area (Å²) in [5.74, 6) is 1.29. The summed E-state index contributed by atoms with van der Waals surface area (Å²) in [7, 11) is 0. The summed E-state index contributed by atoms with van der Waals surface area (Å²) in [6.07, 6.45) is 10.9. The molecule has 0 atom stereocenters. The average molecular weight is 356 g/mol. The second kappa shape index (κ2) is 13.2. The van der Waals surface area contributed by atoms with Gasteiger partial charge in [0.25, 0.3) is 0 Å². The SMILES string of the molecule is CCCCCCN(CCCCCC)c1nc(Cl)nc(NCCC)n1. The third-order valence-corrected chi connectivity index (χ3v) is 4.14. The van der Waals surface area contributed by atoms with Crippen molar-refractivity contribution in [3.8, 4) is 0 Å². The van der Waals surface area contributed by atoms with Gasteiger partial charge in [0.15, 0.2) is 0 Å². The fourth-order valence-electron chi connectivity index (χ4n) is 2.57. The lowest BCUT2D eigenvalue weighted by Crippen LogP contribution is -2.28. The zero-order valence-electron chi connectivity index (χ0n) is 15.7. The van der Waals surface area contributed by atoms with Gasteiger partial charge in [0.05, 0.1) is 0 Å². The fourth-order valence-corrected chi connectivity index (χ4v) is 2.72. The summed E-state index contributed by atoms with van der Waals surface area (Å²) >= 11 is 6.11. The van der Waals surface area contributed by atoms with Gasteiger partial charge in [-0.1, -0.05) is 59.3 Å². The van der Waals surface area contributed by atoms with Gasteiger partial charge in [0.1, 0.15) is 0 Å². The van der Waals surface area contributed by atoms with Crippen molar-refractivity contribution in [1.82, 2.24) is 15.0 Å². The Labute approximate surface area is 152 Å². The van der Waals surface area contributed by atoms with Crippen LogP contribution in [0.15, 0.2) is 0 Å². The maximum atomic E-state index is 6.11. The van der Waals surface area contributed by atoms with Crippen molar-refractivity contribution in [3.63, 3.8) is 0 Å². The van der Waals surface area contributed by atoms with E-state index in [2.05, 4.69) is 45.9 Å². The Hall–Kier alpha value is -1.10. The molecule has 6 heteroatoms. The van der Waals surface area contributed by atoms with E-state index in [-0.39, 0.29) is 5.28 Å². The van der Waals surface area contributed by atoms with E-state index < -0.39 is 0 Å². The minimum atomic E-state index is 0.269. The number of rotatable bonds is 14. The highest BCUT2D eigenvalue weighted by Gasteiger charge is 2.12. The Morgan fingerprint density at radius 3 is 1.96 bits per heavy atom. The van der Waals surface area contributed by atoms with Gasteiger partial charge < -0.3 is 10.2 Å². The number of aromatic nitrogens is 3. The van der Waals surface area contributed by atoms with E-state index in [9.17, 15) is 0 Å². The molecule has 0 fully saturated rings. The molecule has 1 N–H and O–H groups in total. The number of halogens is 1. The zero-order chi connectivity index (χ0) is 17.6. The van der Waals surface area contributed by atoms with Crippen LogP contribution in [0.25, 0.3) is 0 Å². The molecule has 24 heavy (non-hydrogen) atoms. The maximum Gasteiger partial charge on any atom is 0.231 e. The Morgan fingerprint density at radius 2 is 1.42 bits per heavy atom. The molecule has 0 saturated heterocycles. The predicted octanol–water partition coefficient (Wildman–Crippen LogP) is 5.31. The molecule has 0 spiro atoms. The molecular formula is C18H34ClN5. The van der Waals surface area contributed by atoms with Crippen LogP contribution in [0.2, 0.25) is 5.28 Å². The highest BCUT2D eigenvalue weighted by Crippen LogP contribution is 2.16. The summed E-state index contributed by atoms with van der Waals surface area (Å²) < 4.78 is 0. The van der Waals surface area contributed by atoms with E-state index in [1.165, 1.54) is 51.4 Å². The molecule has 1 rings (SSSR count). The standard InChI is InChI=1S/C18H34ClN5/c1-4-7-9-11-14-24(15-12-10-8-5-2)18-22-16(19)21-17(23-18)20-13-6-3/h4-15H2,1-3H3,(H,20,21,22,23). The van der Waals surface area contributed by atoms with Gasteiger partial charge in [-0.25, -0.2) is 0 Å². The van der Waals surface area contributed by atoms with Crippen LogP contribution < -0.4 is 10.2 Å². The first-order valence-electron chi connectivity index (χ1n) is 9.61. The van der Waals surface area contributed by atoms with E-state index in [0.717, 1.165) is 26.1 Å². The first-order chi connectivity index (χ1) is 11.7. The fraction of sp³-hybridized carbons (Fsp3) is 0.833. The lowest BCUT2D eigenvalue weighted by molar-refractivity contribution is 0.600. The Balaban J connectivity index is 2.72. The Morgan fingerprint density at radius 1 is 0.792 bits per heavy atom. The van der Waals surface area contributed by atoms with Gasteiger partial charge in [0, 0.05) is 19.6 Å². The highest BCUT2D eigenvalue weighted by molar-refractivity contribution is 6.28. The molecule has 0 aliphatic rings. The van der Waals surface area contributed by atoms with Gasteiger partial charge in [-0.15, -0.1) is 0 Å². The van der Waals surface area contributed by atoms with Crippen molar-refractivity contribution in [2.75, 3.05) is 29.9 Å². The molecule has 0 aliphatic carbocycles. The van der Waals surface area contributed by atoms with Crippen LogP contribution in [0.5, 0.6) is 0 Å². The summed E-state index contributed by atoms with van der Waals surface area (Å²) in [4.78, 5) is 15.4. The van der Waals surface area contributed by atoms with Crippen molar-refractivity contribution in [2.45, 2.75) is 78.6 Å². The van der Waals surface area contributed by atoms with E-state index in [1.807, 2.05) is 0 Å². The third kappa shape index (κ3) is 8.67. The average Bonchev–Trinajstić information content (AvgIpc) is 2.58. The first-order valence-corrected chi connectivity index (χ1v) is 9.99. The number of nitrogens with one attached hydrogen (secondary N) is 1. The van der Waals surface area contributed by atoms with E-state index in [0.29, 0.717) is 11.9 Å². The number of hydrogen-bond donors (Lipinski definition) is 1. The molecular weight excluding hydrogens is 322 g/mol. The zero-order valence-corrected chi connectivity index (χ0v) is 16.4. The summed E-state index contributed by atoms with van der Waals surface area (Å²) in [6, 6.07) is 0. The number of hydrogen-bond acceptors (Lipinski definition) is 5. The van der Waals surface area contributed by atoms with Gasteiger partial charge in [-0.05, 0) is 30.9 Å². The van der Waals surface area contributed by atoms with Crippen LogP contribution in [0, 0.1) is 0 Å². The number of anilines is 2. The monoisotopic (exact) mass is 355 g/mol. The van der Waals surface area contributed by atoms with Crippen LogP contribution in [-0.2, 0) is 0 Å². The van der Waals surface area contributed by atoms with Crippen LogP contribution >= 0.6 is 11.6 Å². The molecule has 5 nitrogen and oxygen atoms in total. The second-order valence-electron chi connectivity index (χ2n) is 6.26. The van der Waals surface area contributed by atoms with Crippen molar-refractivity contribution < 1.29 is 0 Å². The molecule has 0 radical (unpaired) electrons. The molecule has 0 amide bonds. The van der Waals surface area contributed by atoms with E-state index in [4.69, 9.17) is 11.6 Å². The van der Waals surface area contributed by atoms with Crippen LogP contribution in [0.3, 0.4) is 0 Å². The molecule has 1 aromatic heterocycles. The van der Waals surface area contributed by atoms with Crippen LogP contribution in [0.1, 0.15) is 78.6 Å². The second-order valence-corrected chi connectivity index (χ2v) is 6.60. The largest absolute Gasteiger partial charge is 0.354 e. The minimum absolute atomic E-state index is 0.269. The molecule has 0 aromatic carbocycles. The molecule has 1 aromatic rings. The van der Waals surface area contributed by atoms with Crippen molar-refractivity contribution in [1.29, 1.82) is 0 Å². The topological polar surface area (TPSA) is 53.9 Å². The van der Waals surface area contributed by atoms with Crippen LogP contribution in [-0.4, -0.2) is 34.6 Å². The molecule has 0 unspecified atom stereocenters. The van der Waals surface area contributed by atoms with E-state index in [1.54, 1.807) is 0 Å². The van der Waals surface area contributed by atoms with Crippen molar-refractivity contribution in [2.24, 2.45) is 0 Å². The lowest BCUT2D eigenvalue weighted by atomic mass is 10.2. The summed E-state index contributed by atoms with van der Waals surface area (Å²) in [5, 5.41) is 3.48. The smallest absolute Gasteiger partial charge is 0.231 e. The maximum absolute atomic E-state index is 6.11. The summed E-state index contributed by atoms with van der Waals surface area (Å²) in [6.45, 7) is 9.40. The normalized spacial score (nSPS) is 10.8. The quantitative estimate of drug-likeness (QED) is 0.458. The Kier molecular flexibility index (Phi) is 11.5. The van der Waals surface area contributed by atoms with Crippen molar-refractivity contribution in [3.05, 3.63) is 5.28 Å². The Bertz CT molecular complexity index is 429. The third-order valence-electron chi connectivity index (χ3n) is 3.98. The van der Waals surface area contributed by atoms with Gasteiger partial charge in [0.2, 0.25) is 17.2 Å². The van der Waals surface area contributed by atoms with E-state index >= 15 is 0 Å².